The number of rotatable bonds is 5. The Kier molecular flexibility index (Phi) is 4.91. The fraction of sp³-hybridized carbons (Fsp3) is 0.350. The summed E-state index contributed by atoms with van der Waals surface area (Å²) in [4.78, 5) is 15.9. The average Bonchev–Trinajstić information content (AvgIpc) is 3.40. The van der Waals surface area contributed by atoms with Crippen LogP contribution in [0.1, 0.15) is 18.7 Å². The van der Waals surface area contributed by atoms with Crippen LogP contribution >= 0.6 is 11.5 Å². The second-order valence-electron chi connectivity index (χ2n) is 7.24. The molecule has 1 saturated heterocycles. The van der Waals surface area contributed by atoms with Crippen molar-refractivity contribution in [3.8, 4) is 17.0 Å². The average molecular weight is 423 g/mol. The highest BCUT2D eigenvalue weighted by Crippen LogP contribution is 2.26. The Balaban J connectivity index is 1.31. The van der Waals surface area contributed by atoms with Crippen molar-refractivity contribution in [2.75, 3.05) is 30.4 Å². The molecule has 10 heteroatoms. The molecule has 0 atom stereocenters. The van der Waals surface area contributed by atoms with E-state index in [-0.39, 0.29) is 0 Å². The van der Waals surface area contributed by atoms with Crippen LogP contribution < -0.4 is 15.0 Å². The lowest BCUT2D eigenvalue weighted by Crippen LogP contribution is -2.39. The Hall–Kier alpha value is -3.27. The molecule has 154 valence electrons. The number of nitrogens with zero attached hydrogens (tertiary/aromatic N) is 7. The molecule has 0 aliphatic carbocycles. The van der Waals surface area contributed by atoms with Crippen LogP contribution in [0.4, 0.5) is 11.1 Å². The van der Waals surface area contributed by atoms with E-state index in [1.165, 1.54) is 11.5 Å². The van der Waals surface area contributed by atoms with Crippen molar-refractivity contribution < 1.29 is 4.74 Å². The zero-order chi connectivity index (χ0) is 20.5. The monoisotopic (exact) mass is 422 g/mol. The van der Waals surface area contributed by atoms with Crippen LogP contribution in [0.3, 0.4) is 0 Å². The first-order valence-corrected chi connectivity index (χ1v) is 10.6. The molecule has 0 unspecified atom stereocenters. The van der Waals surface area contributed by atoms with E-state index in [4.69, 9.17) is 9.72 Å². The molecule has 0 amide bonds. The molecule has 30 heavy (non-hydrogen) atoms. The van der Waals surface area contributed by atoms with Crippen LogP contribution in [0, 0.1) is 6.92 Å². The summed E-state index contributed by atoms with van der Waals surface area (Å²) >= 11 is 1.47. The van der Waals surface area contributed by atoms with Gasteiger partial charge < -0.3 is 15.0 Å². The van der Waals surface area contributed by atoms with Gasteiger partial charge in [-0.1, -0.05) is 0 Å². The molecule has 0 aromatic carbocycles. The number of hydrogen-bond acceptors (Lipinski definition) is 9. The van der Waals surface area contributed by atoms with Crippen LogP contribution in [0.2, 0.25) is 0 Å². The van der Waals surface area contributed by atoms with Crippen molar-refractivity contribution in [1.29, 1.82) is 0 Å². The van der Waals surface area contributed by atoms with E-state index in [2.05, 4.69) is 29.7 Å². The number of aromatic nitrogens is 6. The number of nitrogens with one attached hydrogen (secondary N) is 1. The normalized spacial score (nSPS) is 14.9. The van der Waals surface area contributed by atoms with E-state index in [1.54, 1.807) is 17.8 Å². The largest absolute Gasteiger partial charge is 0.481 e. The number of piperidine rings is 1. The van der Waals surface area contributed by atoms with Crippen LogP contribution in [-0.2, 0) is 0 Å². The zero-order valence-electron chi connectivity index (χ0n) is 16.8. The summed E-state index contributed by atoms with van der Waals surface area (Å²) < 4.78 is 11.2. The summed E-state index contributed by atoms with van der Waals surface area (Å²) in [6.45, 7) is 3.82. The summed E-state index contributed by atoms with van der Waals surface area (Å²) in [5, 5.41) is 9.14. The first kappa shape index (κ1) is 18.7. The van der Waals surface area contributed by atoms with Gasteiger partial charge in [0.15, 0.2) is 5.65 Å². The van der Waals surface area contributed by atoms with Gasteiger partial charge in [0, 0.05) is 60.3 Å². The van der Waals surface area contributed by atoms with E-state index >= 15 is 0 Å². The Bertz CT molecular complexity index is 1150. The molecule has 0 bridgehead atoms. The topological polar surface area (TPSA) is 93.4 Å². The highest BCUT2D eigenvalue weighted by Gasteiger charge is 2.22. The molecule has 4 aromatic rings. The maximum atomic E-state index is 5.15. The fourth-order valence-corrected chi connectivity index (χ4v) is 4.39. The molecule has 5 rings (SSSR count). The van der Waals surface area contributed by atoms with E-state index in [1.807, 2.05) is 37.4 Å². The number of ether oxygens (including phenoxy) is 1. The molecular weight excluding hydrogens is 400 g/mol. The minimum atomic E-state index is 0.332. The smallest absolute Gasteiger partial charge is 0.243 e. The quantitative estimate of drug-likeness (QED) is 0.525. The van der Waals surface area contributed by atoms with Crippen molar-refractivity contribution in [3.05, 3.63) is 42.5 Å². The first-order chi connectivity index (χ1) is 14.7. The Morgan fingerprint density at radius 3 is 2.73 bits per heavy atom. The summed E-state index contributed by atoms with van der Waals surface area (Å²) in [5.41, 5.74) is 2.75. The molecule has 0 spiro atoms. The van der Waals surface area contributed by atoms with Gasteiger partial charge in [-0.05, 0) is 38.0 Å². The molecule has 1 aliphatic rings. The highest BCUT2D eigenvalue weighted by molar-refractivity contribution is 7.09. The minimum absolute atomic E-state index is 0.332. The maximum Gasteiger partial charge on any atom is 0.243 e. The number of anilines is 2. The summed E-state index contributed by atoms with van der Waals surface area (Å²) in [6.07, 6.45) is 5.71. The van der Waals surface area contributed by atoms with Crippen LogP contribution in [-0.4, -0.2) is 55.2 Å². The first-order valence-electron chi connectivity index (χ1n) is 9.87. The van der Waals surface area contributed by atoms with Crippen LogP contribution in [0.15, 0.2) is 36.7 Å². The van der Waals surface area contributed by atoms with Gasteiger partial charge >= 0.3 is 0 Å². The third-order valence-electron chi connectivity index (χ3n) is 5.23. The lowest BCUT2D eigenvalue weighted by molar-refractivity contribution is 0.398. The Morgan fingerprint density at radius 2 is 2.03 bits per heavy atom. The molecule has 1 aliphatic heterocycles. The number of aryl methyl sites for hydroxylation is 1. The van der Waals surface area contributed by atoms with Gasteiger partial charge in [0.2, 0.25) is 17.0 Å². The third-order valence-corrected chi connectivity index (χ3v) is 6.10. The highest BCUT2D eigenvalue weighted by atomic mass is 32.1. The molecule has 1 N–H and O–H groups in total. The second-order valence-corrected chi connectivity index (χ2v) is 7.97. The van der Waals surface area contributed by atoms with Crippen LogP contribution in [0.5, 0.6) is 5.88 Å². The Labute approximate surface area is 177 Å². The molecule has 0 saturated carbocycles. The molecule has 5 heterocycles. The second kappa shape index (κ2) is 7.86. The molecule has 1 fully saturated rings. The zero-order valence-corrected chi connectivity index (χ0v) is 17.6. The molecule has 9 nitrogen and oxygen atoms in total. The number of pyridine rings is 2. The van der Waals surface area contributed by atoms with Gasteiger partial charge in [0.05, 0.1) is 7.11 Å². The summed E-state index contributed by atoms with van der Waals surface area (Å²) in [7, 11) is 1.61. The van der Waals surface area contributed by atoms with E-state index < -0.39 is 0 Å². The van der Waals surface area contributed by atoms with Crippen molar-refractivity contribution in [2.24, 2.45) is 0 Å². The van der Waals surface area contributed by atoms with Crippen molar-refractivity contribution in [2.45, 2.75) is 25.8 Å². The van der Waals surface area contributed by atoms with Crippen LogP contribution in [0.25, 0.3) is 16.8 Å². The van der Waals surface area contributed by atoms with Crippen molar-refractivity contribution >= 4 is 28.3 Å². The van der Waals surface area contributed by atoms with Gasteiger partial charge in [0.1, 0.15) is 5.82 Å². The number of fused-ring (bicyclic) bond motifs is 1. The predicted octanol–water partition coefficient (Wildman–Crippen LogP) is 3.04. The van der Waals surface area contributed by atoms with E-state index in [0.717, 1.165) is 53.7 Å². The number of methoxy groups -OCH3 is 1. The summed E-state index contributed by atoms with van der Waals surface area (Å²) in [6, 6.07) is 8.15. The van der Waals surface area contributed by atoms with Gasteiger partial charge in [-0.25, -0.2) is 14.5 Å². The Morgan fingerprint density at radius 1 is 1.17 bits per heavy atom. The molecule has 0 radical (unpaired) electrons. The SMILES string of the molecule is COc1ccc(-c2cccn3nc(NC4CCN(c5nc(C)ns5)CC4)nc23)cn1. The lowest BCUT2D eigenvalue weighted by atomic mass is 10.1. The third kappa shape index (κ3) is 3.65. The van der Waals surface area contributed by atoms with Crippen molar-refractivity contribution in [1.82, 2.24) is 28.9 Å². The van der Waals surface area contributed by atoms with Gasteiger partial charge in [0.25, 0.3) is 0 Å². The molecular formula is C20H22N8OS. The minimum Gasteiger partial charge on any atom is -0.481 e. The fourth-order valence-electron chi connectivity index (χ4n) is 3.67. The maximum absolute atomic E-state index is 5.15. The van der Waals surface area contributed by atoms with Gasteiger partial charge in [-0.2, -0.15) is 9.36 Å². The molecule has 4 aromatic heterocycles. The predicted molar refractivity (Wildman–Crippen MR) is 116 cm³/mol. The van der Waals surface area contributed by atoms with Gasteiger partial charge in [-0.3, -0.25) is 0 Å². The standard InChI is InChI=1S/C20H22N8OS/c1-13-22-20(30-26-13)27-10-7-15(8-11-27)23-19-24-18-16(4-3-9-28(18)25-19)14-5-6-17(29-2)21-12-14/h3-6,9,12,15H,7-8,10-11H2,1-2H3,(H,23,25). The lowest BCUT2D eigenvalue weighted by Gasteiger charge is -2.31. The number of hydrogen-bond donors (Lipinski definition) is 1. The summed E-state index contributed by atoms with van der Waals surface area (Å²) in [5.74, 6) is 2.07. The van der Waals surface area contributed by atoms with E-state index in [9.17, 15) is 0 Å². The van der Waals surface area contributed by atoms with Crippen molar-refractivity contribution in [3.63, 3.8) is 0 Å². The van der Waals surface area contributed by atoms with E-state index in [0.29, 0.717) is 17.9 Å². The van der Waals surface area contributed by atoms with Gasteiger partial charge in [-0.15, -0.1) is 5.10 Å².